The number of carbonyl (C=O) groups excluding carboxylic acids is 3. The molecule has 0 saturated heterocycles. The lowest BCUT2D eigenvalue weighted by molar-refractivity contribution is -0.132. The smallest absolute Gasteiger partial charge is 0.343 e. The Morgan fingerprint density at radius 2 is 1.62 bits per heavy atom. The molecule has 0 unspecified atom stereocenters. The van der Waals surface area contributed by atoms with Crippen LogP contribution in [0.4, 0.5) is 0 Å². The van der Waals surface area contributed by atoms with Crippen molar-refractivity contribution in [1.82, 2.24) is 0 Å². The second-order valence-corrected chi connectivity index (χ2v) is 7.23. The van der Waals surface area contributed by atoms with E-state index in [2.05, 4.69) is 15.9 Å². The molecular formula is C22H17BrO6. The Labute approximate surface area is 175 Å². The Morgan fingerprint density at radius 1 is 1.00 bits per heavy atom. The van der Waals surface area contributed by atoms with Gasteiger partial charge in [-0.15, -0.1) is 0 Å². The Morgan fingerprint density at radius 3 is 2.24 bits per heavy atom. The zero-order chi connectivity index (χ0) is 21.1. The van der Waals surface area contributed by atoms with Gasteiger partial charge in [-0.2, -0.15) is 0 Å². The number of benzene rings is 2. The van der Waals surface area contributed by atoms with E-state index in [0.717, 1.165) is 11.1 Å². The number of rotatable bonds is 4. The summed E-state index contributed by atoms with van der Waals surface area (Å²) in [4.78, 5) is 35.1. The van der Waals surface area contributed by atoms with Crippen LogP contribution in [0, 0.1) is 6.92 Å². The Kier molecular flexibility index (Phi) is 5.98. The van der Waals surface area contributed by atoms with Crippen molar-refractivity contribution in [3.8, 4) is 11.5 Å². The fourth-order valence-corrected chi connectivity index (χ4v) is 3.10. The molecule has 1 heterocycles. The number of esters is 3. The van der Waals surface area contributed by atoms with Crippen LogP contribution >= 0.6 is 15.9 Å². The van der Waals surface area contributed by atoms with Crippen LogP contribution in [0.1, 0.15) is 30.5 Å². The van der Waals surface area contributed by atoms with Crippen molar-refractivity contribution < 1.29 is 28.6 Å². The highest BCUT2D eigenvalue weighted by Gasteiger charge is 2.23. The predicted octanol–water partition coefficient (Wildman–Crippen LogP) is 4.59. The molecule has 0 aliphatic carbocycles. The lowest BCUT2D eigenvalue weighted by atomic mass is 10.1. The Bertz CT molecular complexity index is 1060. The quantitative estimate of drug-likeness (QED) is 0.380. The van der Waals surface area contributed by atoms with E-state index >= 15 is 0 Å². The molecule has 0 bridgehead atoms. The van der Waals surface area contributed by atoms with E-state index in [1.807, 2.05) is 31.2 Å². The number of cyclic esters (lactones) is 1. The monoisotopic (exact) mass is 456 g/mol. The summed E-state index contributed by atoms with van der Waals surface area (Å²) in [6.45, 7) is 4.49. The van der Waals surface area contributed by atoms with Gasteiger partial charge in [0, 0.05) is 31.0 Å². The second kappa shape index (κ2) is 8.45. The van der Waals surface area contributed by atoms with Crippen LogP contribution in [0.5, 0.6) is 11.5 Å². The summed E-state index contributed by atoms with van der Waals surface area (Å²) in [7, 11) is 0. The third-order valence-corrected chi connectivity index (χ3v) is 4.56. The molecule has 0 spiro atoms. The van der Waals surface area contributed by atoms with Gasteiger partial charge in [0.2, 0.25) is 0 Å². The largest absolute Gasteiger partial charge is 0.426 e. The van der Waals surface area contributed by atoms with Crippen molar-refractivity contribution in [3.63, 3.8) is 0 Å². The van der Waals surface area contributed by atoms with Crippen LogP contribution in [0.2, 0.25) is 0 Å². The van der Waals surface area contributed by atoms with Gasteiger partial charge in [0.15, 0.2) is 0 Å². The van der Waals surface area contributed by atoms with Crippen molar-refractivity contribution in [2.45, 2.75) is 20.8 Å². The molecule has 1 aliphatic rings. The Balaban J connectivity index is 2.02. The molecule has 0 atom stereocenters. The number of carbonyl (C=O) groups is 3. The molecule has 0 aromatic heterocycles. The summed E-state index contributed by atoms with van der Waals surface area (Å²) >= 11 is 3.32. The van der Waals surface area contributed by atoms with Gasteiger partial charge < -0.3 is 14.2 Å². The van der Waals surface area contributed by atoms with E-state index in [1.165, 1.54) is 19.9 Å². The summed E-state index contributed by atoms with van der Waals surface area (Å²) in [5, 5.41) is 0. The van der Waals surface area contributed by atoms with E-state index in [9.17, 15) is 14.4 Å². The standard InChI is InChI=1S/C22H17BrO6/c1-12-4-6-15(7-5-12)19-10-17(22(26)29-19)8-16-9-18(23)21(28-14(3)25)11-20(16)27-13(2)24/h4-11H,1-3H3/b17-8+. The number of ether oxygens (including phenoxy) is 3. The average molecular weight is 457 g/mol. The summed E-state index contributed by atoms with van der Waals surface area (Å²) < 4.78 is 16.1. The van der Waals surface area contributed by atoms with Crippen molar-refractivity contribution in [3.05, 3.63) is 69.2 Å². The molecule has 1 aliphatic heterocycles. The maximum absolute atomic E-state index is 12.3. The van der Waals surface area contributed by atoms with E-state index in [0.29, 0.717) is 21.4 Å². The molecule has 7 heteroatoms. The molecule has 148 valence electrons. The fraction of sp³-hybridized carbons (Fsp3) is 0.136. The van der Waals surface area contributed by atoms with Crippen molar-refractivity contribution in [1.29, 1.82) is 0 Å². The van der Waals surface area contributed by atoms with Gasteiger partial charge in [-0.05, 0) is 41.1 Å². The van der Waals surface area contributed by atoms with Gasteiger partial charge >= 0.3 is 17.9 Å². The first kappa shape index (κ1) is 20.5. The first-order valence-corrected chi connectivity index (χ1v) is 9.45. The van der Waals surface area contributed by atoms with Crippen molar-refractivity contribution >= 4 is 45.7 Å². The van der Waals surface area contributed by atoms with E-state index < -0.39 is 17.9 Å². The number of aryl methyl sites for hydroxylation is 1. The van der Waals surface area contributed by atoms with Gasteiger partial charge in [0.1, 0.15) is 17.3 Å². The number of halogens is 1. The zero-order valence-electron chi connectivity index (χ0n) is 15.9. The highest BCUT2D eigenvalue weighted by Crippen LogP contribution is 2.36. The molecule has 2 aromatic carbocycles. The molecule has 29 heavy (non-hydrogen) atoms. The normalized spacial score (nSPS) is 14.4. The van der Waals surface area contributed by atoms with Gasteiger partial charge in [0.25, 0.3) is 0 Å². The van der Waals surface area contributed by atoms with Crippen LogP contribution < -0.4 is 9.47 Å². The summed E-state index contributed by atoms with van der Waals surface area (Å²) in [6.07, 6.45) is 3.17. The molecule has 0 saturated carbocycles. The molecule has 0 N–H and O–H groups in total. The molecule has 3 rings (SSSR count). The summed E-state index contributed by atoms with van der Waals surface area (Å²) in [5.74, 6) is -0.808. The van der Waals surface area contributed by atoms with Gasteiger partial charge in [0.05, 0.1) is 10.0 Å². The molecular weight excluding hydrogens is 440 g/mol. The minimum atomic E-state index is -0.550. The maximum Gasteiger partial charge on any atom is 0.343 e. The first-order valence-electron chi connectivity index (χ1n) is 8.66. The Hall–Kier alpha value is -3.19. The third-order valence-electron chi connectivity index (χ3n) is 3.94. The number of hydrogen-bond donors (Lipinski definition) is 0. The molecule has 0 radical (unpaired) electrons. The highest BCUT2D eigenvalue weighted by atomic mass is 79.9. The van der Waals surface area contributed by atoms with Gasteiger partial charge in [-0.1, -0.05) is 29.8 Å². The first-order chi connectivity index (χ1) is 13.7. The minimum absolute atomic E-state index is 0.148. The van der Waals surface area contributed by atoms with E-state index in [1.54, 1.807) is 18.2 Å². The van der Waals surface area contributed by atoms with Gasteiger partial charge in [-0.25, -0.2) is 4.79 Å². The fourth-order valence-electron chi connectivity index (χ4n) is 2.66. The van der Waals surface area contributed by atoms with Gasteiger partial charge in [-0.3, -0.25) is 9.59 Å². The van der Waals surface area contributed by atoms with Crippen molar-refractivity contribution in [2.24, 2.45) is 0 Å². The SMILES string of the molecule is CC(=O)Oc1cc(OC(C)=O)c(/C=C2\C=C(c3ccc(C)cc3)OC2=O)cc1Br. The van der Waals surface area contributed by atoms with E-state index in [4.69, 9.17) is 14.2 Å². The van der Waals surface area contributed by atoms with Crippen LogP contribution in [0.25, 0.3) is 11.8 Å². The average Bonchev–Trinajstić information content (AvgIpc) is 2.99. The zero-order valence-corrected chi connectivity index (χ0v) is 17.5. The number of hydrogen-bond acceptors (Lipinski definition) is 6. The van der Waals surface area contributed by atoms with Crippen molar-refractivity contribution in [2.75, 3.05) is 0 Å². The van der Waals surface area contributed by atoms with Crippen LogP contribution in [0.15, 0.2) is 52.5 Å². The van der Waals surface area contributed by atoms with Crippen LogP contribution in [0.3, 0.4) is 0 Å². The minimum Gasteiger partial charge on any atom is -0.426 e. The topological polar surface area (TPSA) is 78.9 Å². The summed E-state index contributed by atoms with van der Waals surface area (Å²) in [5.41, 5.74) is 2.61. The molecule has 2 aromatic rings. The summed E-state index contributed by atoms with van der Waals surface area (Å²) in [6, 6.07) is 10.6. The third kappa shape index (κ3) is 5.00. The molecule has 0 fully saturated rings. The lowest BCUT2D eigenvalue weighted by Gasteiger charge is -2.11. The molecule has 0 amide bonds. The van der Waals surface area contributed by atoms with Crippen LogP contribution in [-0.2, 0) is 19.1 Å². The maximum atomic E-state index is 12.3. The van der Waals surface area contributed by atoms with Crippen LogP contribution in [-0.4, -0.2) is 17.9 Å². The lowest BCUT2D eigenvalue weighted by Crippen LogP contribution is -2.06. The molecule has 6 nitrogen and oxygen atoms in total. The predicted molar refractivity (Wildman–Crippen MR) is 110 cm³/mol. The van der Waals surface area contributed by atoms with E-state index in [-0.39, 0.29) is 11.5 Å². The second-order valence-electron chi connectivity index (χ2n) is 6.37. The highest BCUT2D eigenvalue weighted by molar-refractivity contribution is 9.10.